The molecule has 0 heterocycles. The quantitative estimate of drug-likeness (QED) is 0.686. The van der Waals surface area contributed by atoms with Gasteiger partial charge in [-0.25, -0.2) is 0 Å². The largest absolute Gasteiger partial charge is 0.395 e. The molecule has 0 saturated carbocycles. The third kappa shape index (κ3) is 5.81. The van der Waals surface area contributed by atoms with Crippen LogP contribution < -0.4 is 4.90 Å². The number of nitrogens with zero attached hydrogens (tertiary/aromatic N) is 1. The second-order valence-corrected chi connectivity index (χ2v) is 4.47. The summed E-state index contributed by atoms with van der Waals surface area (Å²) in [5.74, 6) is 0. The molecule has 0 fully saturated rings. The van der Waals surface area contributed by atoms with E-state index in [-0.39, 0.29) is 13.2 Å². The van der Waals surface area contributed by atoms with Gasteiger partial charge >= 0.3 is 0 Å². The van der Waals surface area contributed by atoms with E-state index in [0.717, 1.165) is 16.8 Å². The lowest BCUT2D eigenvalue weighted by atomic mass is 10.1. The van der Waals surface area contributed by atoms with E-state index in [1.54, 1.807) is 12.2 Å². The van der Waals surface area contributed by atoms with Crippen LogP contribution >= 0.6 is 0 Å². The minimum Gasteiger partial charge on any atom is -0.395 e. The SMILES string of the molecule is C=C/C=C(C=C)/C=C/c1ccc(N(CCO)CCO)cc1. The highest BCUT2D eigenvalue weighted by molar-refractivity contribution is 5.59. The van der Waals surface area contributed by atoms with Gasteiger partial charge in [0, 0.05) is 18.8 Å². The molecule has 0 bridgehead atoms. The second-order valence-electron chi connectivity index (χ2n) is 4.47. The van der Waals surface area contributed by atoms with Crippen molar-refractivity contribution in [2.24, 2.45) is 0 Å². The third-order valence-corrected chi connectivity index (χ3v) is 3.01. The lowest BCUT2D eigenvalue weighted by molar-refractivity contribution is 0.281. The van der Waals surface area contributed by atoms with Gasteiger partial charge in [-0.3, -0.25) is 0 Å². The Labute approximate surface area is 126 Å². The molecule has 0 radical (unpaired) electrons. The number of hydrogen-bond acceptors (Lipinski definition) is 3. The van der Waals surface area contributed by atoms with Crippen molar-refractivity contribution in [2.45, 2.75) is 0 Å². The summed E-state index contributed by atoms with van der Waals surface area (Å²) >= 11 is 0. The van der Waals surface area contributed by atoms with Crippen molar-refractivity contribution in [1.29, 1.82) is 0 Å². The summed E-state index contributed by atoms with van der Waals surface area (Å²) in [4.78, 5) is 1.94. The second kappa shape index (κ2) is 9.75. The predicted molar refractivity (Wildman–Crippen MR) is 90.3 cm³/mol. The summed E-state index contributed by atoms with van der Waals surface area (Å²) < 4.78 is 0. The number of anilines is 1. The first-order chi connectivity index (χ1) is 10.2. The molecule has 0 aromatic heterocycles. The molecule has 0 saturated heterocycles. The van der Waals surface area contributed by atoms with Gasteiger partial charge in [0.15, 0.2) is 0 Å². The molecular formula is C18H23NO2. The Hall–Kier alpha value is -2.10. The Bertz CT molecular complexity index is 494. The molecule has 2 N–H and O–H groups in total. The van der Waals surface area contributed by atoms with E-state index in [1.807, 2.05) is 47.4 Å². The molecule has 0 amide bonds. The molecule has 112 valence electrons. The van der Waals surface area contributed by atoms with Crippen molar-refractivity contribution in [1.82, 2.24) is 0 Å². The van der Waals surface area contributed by atoms with Gasteiger partial charge in [-0.2, -0.15) is 0 Å². The Balaban J connectivity index is 2.81. The summed E-state index contributed by atoms with van der Waals surface area (Å²) in [6.45, 7) is 8.57. The van der Waals surface area contributed by atoms with Crippen molar-refractivity contribution >= 4 is 11.8 Å². The minimum absolute atomic E-state index is 0.0662. The number of rotatable bonds is 9. The predicted octanol–water partition coefficient (Wildman–Crippen LogP) is 2.79. The molecule has 1 aromatic carbocycles. The van der Waals surface area contributed by atoms with Gasteiger partial charge < -0.3 is 15.1 Å². The average molecular weight is 285 g/mol. The van der Waals surface area contributed by atoms with E-state index in [2.05, 4.69) is 13.2 Å². The van der Waals surface area contributed by atoms with Gasteiger partial charge in [0.05, 0.1) is 13.2 Å². The molecule has 0 unspecified atom stereocenters. The molecule has 0 atom stereocenters. The zero-order chi connectivity index (χ0) is 15.5. The van der Waals surface area contributed by atoms with Crippen molar-refractivity contribution < 1.29 is 10.2 Å². The lowest BCUT2D eigenvalue weighted by Crippen LogP contribution is -2.29. The first kappa shape index (κ1) is 17.0. The fraction of sp³-hybridized carbons (Fsp3) is 0.222. The van der Waals surface area contributed by atoms with Crippen LogP contribution in [0.3, 0.4) is 0 Å². The van der Waals surface area contributed by atoms with E-state index in [1.165, 1.54) is 0 Å². The maximum atomic E-state index is 9.04. The number of aliphatic hydroxyl groups is 2. The normalized spacial score (nSPS) is 11.6. The van der Waals surface area contributed by atoms with Crippen molar-refractivity contribution in [3.63, 3.8) is 0 Å². The third-order valence-electron chi connectivity index (χ3n) is 3.01. The smallest absolute Gasteiger partial charge is 0.0606 e. The highest BCUT2D eigenvalue weighted by atomic mass is 16.3. The topological polar surface area (TPSA) is 43.7 Å². The van der Waals surface area contributed by atoms with E-state index < -0.39 is 0 Å². The summed E-state index contributed by atoms with van der Waals surface area (Å²) in [6.07, 6.45) is 9.37. The van der Waals surface area contributed by atoms with Gasteiger partial charge in [-0.05, 0) is 23.3 Å². The highest BCUT2D eigenvalue weighted by Gasteiger charge is 2.04. The van der Waals surface area contributed by atoms with E-state index >= 15 is 0 Å². The molecular weight excluding hydrogens is 262 g/mol. The Morgan fingerprint density at radius 1 is 1.05 bits per heavy atom. The van der Waals surface area contributed by atoms with Crippen LogP contribution in [0.25, 0.3) is 6.08 Å². The fourth-order valence-electron chi connectivity index (χ4n) is 1.93. The molecule has 1 aromatic rings. The molecule has 3 nitrogen and oxygen atoms in total. The fourth-order valence-corrected chi connectivity index (χ4v) is 1.93. The van der Waals surface area contributed by atoms with Gasteiger partial charge in [0.25, 0.3) is 0 Å². The molecule has 0 aliphatic rings. The molecule has 3 heteroatoms. The lowest BCUT2D eigenvalue weighted by Gasteiger charge is -2.22. The molecule has 1 rings (SSSR count). The molecule has 0 aliphatic carbocycles. The van der Waals surface area contributed by atoms with E-state index in [4.69, 9.17) is 10.2 Å². The maximum Gasteiger partial charge on any atom is 0.0606 e. The van der Waals surface area contributed by atoms with Crippen LogP contribution in [0.4, 0.5) is 5.69 Å². The Morgan fingerprint density at radius 2 is 1.67 bits per heavy atom. The Morgan fingerprint density at radius 3 is 2.14 bits per heavy atom. The first-order valence-corrected chi connectivity index (χ1v) is 6.95. The van der Waals surface area contributed by atoms with Crippen LogP contribution in [-0.2, 0) is 0 Å². The van der Waals surface area contributed by atoms with Crippen LogP contribution in [0.2, 0.25) is 0 Å². The van der Waals surface area contributed by atoms with Gasteiger partial charge in [-0.1, -0.05) is 55.7 Å². The van der Waals surface area contributed by atoms with Gasteiger partial charge in [0.2, 0.25) is 0 Å². The minimum atomic E-state index is 0.0662. The monoisotopic (exact) mass is 285 g/mol. The number of allylic oxidation sites excluding steroid dienone is 5. The van der Waals surface area contributed by atoms with E-state index in [9.17, 15) is 0 Å². The van der Waals surface area contributed by atoms with Gasteiger partial charge in [-0.15, -0.1) is 0 Å². The van der Waals surface area contributed by atoms with Gasteiger partial charge in [0.1, 0.15) is 0 Å². The van der Waals surface area contributed by atoms with E-state index in [0.29, 0.717) is 13.1 Å². The maximum absolute atomic E-state index is 9.04. The molecule has 21 heavy (non-hydrogen) atoms. The van der Waals surface area contributed by atoms with Crippen molar-refractivity contribution in [2.75, 3.05) is 31.2 Å². The van der Waals surface area contributed by atoms with Crippen LogP contribution in [-0.4, -0.2) is 36.5 Å². The standard InChI is InChI=1S/C18H23NO2/c1-3-5-16(4-2)6-7-17-8-10-18(11-9-17)19(12-14-20)13-15-21/h3-11,20-21H,1-2,12-15H2/b7-6+,16-5+. The summed E-state index contributed by atoms with van der Waals surface area (Å²) in [5, 5.41) is 18.1. The number of aliphatic hydroxyl groups excluding tert-OH is 2. The highest BCUT2D eigenvalue weighted by Crippen LogP contribution is 2.16. The number of benzene rings is 1. The number of hydrogen-bond donors (Lipinski definition) is 2. The summed E-state index contributed by atoms with van der Waals surface area (Å²) in [5.41, 5.74) is 3.06. The average Bonchev–Trinajstić information content (AvgIpc) is 2.52. The van der Waals surface area contributed by atoms with Crippen LogP contribution in [0.15, 0.2) is 67.3 Å². The van der Waals surface area contributed by atoms with Crippen LogP contribution in [0.5, 0.6) is 0 Å². The molecule has 0 spiro atoms. The zero-order valence-electron chi connectivity index (χ0n) is 12.3. The zero-order valence-corrected chi connectivity index (χ0v) is 12.3. The van der Waals surface area contributed by atoms with Crippen molar-refractivity contribution in [3.8, 4) is 0 Å². The van der Waals surface area contributed by atoms with Crippen molar-refractivity contribution in [3.05, 3.63) is 72.9 Å². The van der Waals surface area contributed by atoms with Crippen LogP contribution in [0.1, 0.15) is 5.56 Å². The first-order valence-electron chi connectivity index (χ1n) is 6.95. The summed E-state index contributed by atoms with van der Waals surface area (Å²) in [7, 11) is 0. The molecule has 0 aliphatic heterocycles. The summed E-state index contributed by atoms with van der Waals surface area (Å²) in [6, 6.07) is 7.97. The Kier molecular flexibility index (Phi) is 7.87. The van der Waals surface area contributed by atoms with Crippen LogP contribution in [0, 0.1) is 0 Å².